The van der Waals surface area contributed by atoms with Gasteiger partial charge in [0.05, 0.1) is 19.8 Å². The first-order valence-electron chi connectivity index (χ1n) is 9.00. The van der Waals surface area contributed by atoms with E-state index in [4.69, 9.17) is 9.47 Å². The van der Waals surface area contributed by atoms with Crippen LogP contribution in [0.4, 0.5) is 0 Å². The van der Waals surface area contributed by atoms with Crippen LogP contribution in [0.2, 0.25) is 0 Å². The molecule has 0 saturated carbocycles. The van der Waals surface area contributed by atoms with Crippen molar-refractivity contribution in [3.63, 3.8) is 0 Å². The van der Waals surface area contributed by atoms with Crippen LogP contribution >= 0.6 is 0 Å². The van der Waals surface area contributed by atoms with Gasteiger partial charge >= 0.3 is 0 Å². The molecule has 4 heteroatoms. The van der Waals surface area contributed by atoms with Crippen molar-refractivity contribution in [1.29, 1.82) is 0 Å². The van der Waals surface area contributed by atoms with Gasteiger partial charge in [-0.3, -0.25) is 0 Å². The van der Waals surface area contributed by atoms with Gasteiger partial charge in [0, 0.05) is 12.6 Å². The van der Waals surface area contributed by atoms with Gasteiger partial charge in [-0.05, 0) is 63.5 Å². The second kappa shape index (κ2) is 10.6. The van der Waals surface area contributed by atoms with Crippen LogP contribution in [-0.2, 0) is 11.2 Å². The first-order valence-corrected chi connectivity index (χ1v) is 9.00. The molecule has 1 aliphatic heterocycles. The van der Waals surface area contributed by atoms with Crippen molar-refractivity contribution in [2.45, 2.75) is 39.2 Å². The van der Waals surface area contributed by atoms with E-state index in [-0.39, 0.29) is 0 Å². The maximum atomic E-state index is 5.49. The van der Waals surface area contributed by atoms with E-state index >= 15 is 0 Å². The van der Waals surface area contributed by atoms with Crippen molar-refractivity contribution in [3.8, 4) is 5.75 Å². The van der Waals surface area contributed by atoms with Crippen LogP contribution in [0.1, 0.15) is 32.3 Å². The minimum atomic E-state index is 0.406. The number of rotatable bonds is 10. The molecule has 4 nitrogen and oxygen atoms in total. The fourth-order valence-corrected chi connectivity index (χ4v) is 2.93. The van der Waals surface area contributed by atoms with E-state index in [1.165, 1.54) is 12.0 Å². The van der Waals surface area contributed by atoms with Gasteiger partial charge in [0.2, 0.25) is 0 Å². The fourth-order valence-electron chi connectivity index (χ4n) is 2.93. The van der Waals surface area contributed by atoms with Gasteiger partial charge in [0.1, 0.15) is 5.75 Å². The molecule has 0 bridgehead atoms. The summed E-state index contributed by atoms with van der Waals surface area (Å²) in [6.07, 6.45) is 3.44. The maximum absolute atomic E-state index is 5.49. The highest BCUT2D eigenvalue weighted by atomic mass is 16.5. The summed E-state index contributed by atoms with van der Waals surface area (Å²) >= 11 is 0. The molecule has 1 heterocycles. The van der Waals surface area contributed by atoms with Gasteiger partial charge in [0.15, 0.2) is 0 Å². The minimum absolute atomic E-state index is 0.406. The third-order valence-corrected chi connectivity index (χ3v) is 4.33. The highest BCUT2D eigenvalue weighted by Crippen LogP contribution is 2.13. The van der Waals surface area contributed by atoms with Crippen LogP contribution < -0.4 is 10.1 Å². The molecule has 1 radical (unpaired) electrons. The predicted octanol–water partition coefficient (Wildman–Crippen LogP) is 2.73. The predicted molar refractivity (Wildman–Crippen MR) is 94.3 cm³/mol. The highest BCUT2D eigenvalue weighted by molar-refractivity contribution is 5.27. The lowest BCUT2D eigenvalue weighted by Gasteiger charge is -2.26. The van der Waals surface area contributed by atoms with Gasteiger partial charge < -0.3 is 14.4 Å². The molecule has 23 heavy (non-hydrogen) atoms. The SMILES string of the molecule is CCOc1ccc(CCCN(CC)CCC2COCC[N]2)cc1. The number of aryl methyl sites for hydroxylation is 1. The summed E-state index contributed by atoms with van der Waals surface area (Å²) in [5.74, 6) is 0.963. The Hall–Kier alpha value is -1.10. The Morgan fingerprint density at radius 2 is 2.04 bits per heavy atom. The molecule has 1 aromatic carbocycles. The summed E-state index contributed by atoms with van der Waals surface area (Å²) in [4.78, 5) is 2.53. The Bertz CT molecular complexity index is 416. The van der Waals surface area contributed by atoms with Crippen molar-refractivity contribution in [3.05, 3.63) is 29.8 Å². The number of nitrogens with zero attached hydrogens (tertiary/aromatic N) is 2. The summed E-state index contributed by atoms with van der Waals surface area (Å²) in [5.41, 5.74) is 1.39. The zero-order valence-electron chi connectivity index (χ0n) is 14.7. The topological polar surface area (TPSA) is 35.8 Å². The third-order valence-electron chi connectivity index (χ3n) is 4.33. The van der Waals surface area contributed by atoms with Crippen molar-refractivity contribution < 1.29 is 9.47 Å². The monoisotopic (exact) mass is 319 g/mol. The molecule has 1 aliphatic rings. The normalized spacial score (nSPS) is 18.3. The Morgan fingerprint density at radius 1 is 1.22 bits per heavy atom. The molecule has 1 unspecified atom stereocenters. The standard InChI is InChI=1S/C19H31N2O2/c1-3-21(14-11-18-16-22-15-12-20-18)13-5-6-17-7-9-19(10-8-17)23-4-2/h7-10,18H,3-6,11-16H2,1-2H3. The van der Waals surface area contributed by atoms with Crippen LogP contribution in [-0.4, -0.2) is 56.9 Å². The molecule has 0 aliphatic carbocycles. The molecule has 0 aromatic heterocycles. The zero-order chi connectivity index (χ0) is 16.3. The lowest BCUT2D eigenvalue weighted by Crippen LogP contribution is -2.39. The molecule has 129 valence electrons. The quantitative estimate of drug-likeness (QED) is 0.665. The number of hydrogen-bond acceptors (Lipinski definition) is 3. The van der Waals surface area contributed by atoms with E-state index < -0.39 is 0 Å². The van der Waals surface area contributed by atoms with E-state index in [9.17, 15) is 0 Å². The molecule has 1 atom stereocenters. The smallest absolute Gasteiger partial charge is 0.119 e. The minimum Gasteiger partial charge on any atom is -0.494 e. The van der Waals surface area contributed by atoms with E-state index in [0.717, 1.165) is 64.6 Å². The first-order chi connectivity index (χ1) is 11.3. The molecule has 1 fully saturated rings. The second-order valence-electron chi connectivity index (χ2n) is 6.04. The van der Waals surface area contributed by atoms with Crippen LogP contribution in [0, 0.1) is 0 Å². The van der Waals surface area contributed by atoms with E-state index in [0.29, 0.717) is 6.04 Å². The second-order valence-corrected chi connectivity index (χ2v) is 6.04. The Labute approximate surface area is 141 Å². The van der Waals surface area contributed by atoms with Gasteiger partial charge in [-0.25, -0.2) is 5.32 Å². The number of benzene rings is 1. The van der Waals surface area contributed by atoms with E-state index in [1.807, 2.05) is 6.92 Å². The van der Waals surface area contributed by atoms with E-state index in [2.05, 4.69) is 41.4 Å². The number of hydrogen-bond donors (Lipinski definition) is 0. The lowest BCUT2D eigenvalue weighted by atomic mass is 10.1. The van der Waals surface area contributed by atoms with E-state index in [1.54, 1.807) is 0 Å². The summed E-state index contributed by atoms with van der Waals surface area (Å²) in [6.45, 7) is 10.8. The Kier molecular flexibility index (Phi) is 8.43. The van der Waals surface area contributed by atoms with Gasteiger partial charge in [-0.15, -0.1) is 0 Å². The van der Waals surface area contributed by atoms with Gasteiger partial charge in [-0.1, -0.05) is 19.1 Å². The Balaban J connectivity index is 1.64. The lowest BCUT2D eigenvalue weighted by molar-refractivity contribution is 0.0678. The van der Waals surface area contributed by atoms with Crippen LogP contribution in [0.3, 0.4) is 0 Å². The van der Waals surface area contributed by atoms with Crippen LogP contribution in [0.25, 0.3) is 0 Å². The molecule has 1 saturated heterocycles. The van der Waals surface area contributed by atoms with Crippen molar-refractivity contribution in [1.82, 2.24) is 10.2 Å². The largest absolute Gasteiger partial charge is 0.494 e. The molecular formula is C19H31N2O2. The summed E-state index contributed by atoms with van der Waals surface area (Å²) in [5, 5.41) is 4.62. The van der Waals surface area contributed by atoms with Crippen LogP contribution in [0.5, 0.6) is 5.75 Å². The van der Waals surface area contributed by atoms with Gasteiger partial charge in [-0.2, -0.15) is 0 Å². The van der Waals surface area contributed by atoms with Crippen LogP contribution in [0.15, 0.2) is 24.3 Å². The average molecular weight is 319 g/mol. The molecular weight excluding hydrogens is 288 g/mol. The summed E-state index contributed by atoms with van der Waals surface area (Å²) in [6, 6.07) is 8.91. The molecule has 1 aromatic rings. The van der Waals surface area contributed by atoms with Crippen molar-refractivity contribution in [2.24, 2.45) is 0 Å². The number of morpholine rings is 1. The molecule has 0 amide bonds. The van der Waals surface area contributed by atoms with Gasteiger partial charge in [0.25, 0.3) is 0 Å². The zero-order valence-corrected chi connectivity index (χ0v) is 14.7. The molecule has 2 rings (SSSR count). The van der Waals surface area contributed by atoms with Crippen molar-refractivity contribution in [2.75, 3.05) is 46.0 Å². The summed E-state index contributed by atoms with van der Waals surface area (Å²) in [7, 11) is 0. The fraction of sp³-hybridized carbons (Fsp3) is 0.684. The Morgan fingerprint density at radius 3 is 2.70 bits per heavy atom. The third kappa shape index (κ3) is 6.90. The molecule has 0 N–H and O–H groups in total. The summed E-state index contributed by atoms with van der Waals surface area (Å²) < 4.78 is 11.0. The first kappa shape index (κ1) is 18.2. The average Bonchev–Trinajstić information content (AvgIpc) is 2.60. The highest BCUT2D eigenvalue weighted by Gasteiger charge is 2.15. The molecule has 0 spiro atoms. The number of ether oxygens (including phenoxy) is 2. The maximum Gasteiger partial charge on any atom is 0.119 e. The van der Waals surface area contributed by atoms with Crippen molar-refractivity contribution >= 4 is 0 Å².